The Morgan fingerprint density at radius 3 is 2.59 bits per heavy atom. The van der Waals surface area contributed by atoms with E-state index in [-0.39, 0.29) is 23.2 Å². The number of ketones is 1. The Labute approximate surface area is 219 Å². The number of anilines is 1. The second-order valence-corrected chi connectivity index (χ2v) is 10.9. The number of Topliss-reactive ketones (excluding diaryl/α,β-unsaturated/α-hetero) is 1. The SMILES string of the molecule is Cc1ccc(C2C3=C(CC(c4cccs4)CC3=O)Nc3c2c(C)nn3-c2ccccc2C(=O)O)cc1C. The second kappa shape index (κ2) is 8.85. The van der Waals surface area contributed by atoms with Crippen LogP contribution in [0.5, 0.6) is 0 Å². The van der Waals surface area contributed by atoms with Gasteiger partial charge in [-0.05, 0) is 67.5 Å². The van der Waals surface area contributed by atoms with E-state index in [1.165, 1.54) is 16.0 Å². The first kappa shape index (κ1) is 23.4. The largest absolute Gasteiger partial charge is 0.478 e. The van der Waals surface area contributed by atoms with E-state index in [2.05, 4.69) is 48.8 Å². The summed E-state index contributed by atoms with van der Waals surface area (Å²) < 4.78 is 1.70. The van der Waals surface area contributed by atoms with Crippen molar-refractivity contribution in [3.05, 3.63) is 110 Å². The van der Waals surface area contributed by atoms with Crippen molar-refractivity contribution in [2.75, 3.05) is 5.32 Å². The Morgan fingerprint density at radius 2 is 1.86 bits per heavy atom. The first-order chi connectivity index (χ1) is 17.8. The average Bonchev–Trinajstić information content (AvgIpc) is 3.53. The van der Waals surface area contributed by atoms with Gasteiger partial charge in [0.05, 0.1) is 16.9 Å². The zero-order chi connectivity index (χ0) is 25.8. The van der Waals surface area contributed by atoms with Crippen molar-refractivity contribution >= 4 is 28.9 Å². The molecule has 7 heteroatoms. The highest BCUT2D eigenvalue weighted by Gasteiger charge is 2.41. The topological polar surface area (TPSA) is 84.2 Å². The van der Waals surface area contributed by atoms with Gasteiger partial charge in [-0.25, -0.2) is 9.48 Å². The predicted octanol–water partition coefficient (Wildman–Crippen LogP) is 6.52. The standard InChI is InChI=1S/C30H27N3O3S/c1-16-10-11-19(13-17(16)2)27-26-18(3)32-33(23-8-5-4-7-21(23)30(35)36)29(26)31-22-14-20(15-24(34)28(22)27)25-9-6-12-37-25/h4-13,20,27,31H,14-15H2,1-3H3,(H,35,36). The van der Waals surface area contributed by atoms with Gasteiger partial charge < -0.3 is 10.4 Å². The van der Waals surface area contributed by atoms with E-state index >= 15 is 0 Å². The summed E-state index contributed by atoms with van der Waals surface area (Å²) in [6, 6.07) is 17.4. The molecule has 2 aromatic carbocycles. The number of nitrogens with zero attached hydrogens (tertiary/aromatic N) is 2. The highest BCUT2D eigenvalue weighted by atomic mass is 32.1. The molecule has 0 saturated carbocycles. The van der Waals surface area contributed by atoms with Crippen LogP contribution in [0.2, 0.25) is 0 Å². The average molecular weight is 510 g/mol. The van der Waals surface area contributed by atoms with Gasteiger partial charge in [-0.3, -0.25) is 4.79 Å². The molecule has 0 bridgehead atoms. The van der Waals surface area contributed by atoms with Crippen molar-refractivity contribution in [3.63, 3.8) is 0 Å². The Kier molecular flexibility index (Phi) is 5.60. The number of carboxylic acids is 1. The number of aryl methyl sites for hydroxylation is 3. The highest BCUT2D eigenvalue weighted by molar-refractivity contribution is 7.10. The Hall–Kier alpha value is -3.97. The van der Waals surface area contributed by atoms with E-state index in [1.54, 1.807) is 34.2 Å². The van der Waals surface area contributed by atoms with Crippen molar-refractivity contribution in [3.8, 4) is 5.69 Å². The van der Waals surface area contributed by atoms with Crippen LogP contribution in [0.1, 0.15) is 67.9 Å². The maximum Gasteiger partial charge on any atom is 0.337 e. The number of nitrogens with one attached hydrogen (secondary N) is 1. The number of hydrogen-bond acceptors (Lipinski definition) is 5. The number of aromatic nitrogens is 2. The fraction of sp³-hybridized carbons (Fsp3) is 0.233. The summed E-state index contributed by atoms with van der Waals surface area (Å²) in [5.74, 6) is -0.283. The zero-order valence-electron chi connectivity index (χ0n) is 20.9. The summed E-state index contributed by atoms with van der Waals surface area (Å²) >= 11 is 1.68. The van der Waals surface area contributed by atoms with Crippen LogP contribution in [0.4, 0.5) is 5.82 Å². The predicted molar refractivity (Wildman–Crippen MR) is 145 cm³/mol. The Bertz CT molecular complexity index is 1600. The molecule has 186 valence electrons. The maximum absolute atomic E-state index is 13.8. The number of fused-ring (bicyclic) bond motifs is 1. The van der Waals surface area contributed by atoms with Crippen LogP contribution in [0.3, 0.4) is 0 Å². The summed E-state index contributed by atoms with van der Waals surface area (Å²) in [5.41, 5.74) is 7.48. The van der Waals surface area contributed by atoms with Gasteiger partial charge in [0, 0.05) is 40.0 Å². The zero-order valence-corrected chi connectivity index (χ0v) is 21.7. The van der Waals surface area contributed by atoms with Crippen LogP contribution in [0.15, 0.2) is 71.2 Å². The molecular formula is C30H27N3O3S. The lowest BCUT2D eigenvalue weighted by molar-refractivity contribution is -0.116. The van der Waals surface area contributed by atoms with Gasteiger partial charge in [0.15, 0.2) is 5.78 Å². The fourth-order valence-electron chi connectivity index (χ4n) is 5.69. The molecule has 2 aliphatic rings. The molecule has 37 heavy (non-hydrogen) atoms. The Morgan fingerprint density at radius 1 is 1.05 bits per heavy atom. The number of hydrogen-bond donors (Lipinski definition) is 2. The van der Waals surface area contributed by atoms with Crippen LogP contribution in [0, 0.1) is 20.8 Å². The van der Waals surface area contributed by atoms with Gasteiger partial charge in [0.1, 0.15) is 5.82 Å². The third-order valence-electron chi connectivity index (χ3n) is 7.63. The van der Waals surface area contributed by atoms with Gasteiger partial charge >= 0.3 is 5.97 Å². The number of benzene rings is 2. The first-order valence-electron chi connectivity index (χ1n) is 12.4. The summed E-state index contributed by atoms with van der Waals surface area (Å²) in [5, 5.41) is 20.3. The minimum atomic E-state index is -1.01. The molecule has 0 amide bonds. The van der Waals surface area contributed by atoms with Crippen molar-refractivity contribution in [1.82, 2.24) is 9.78 Å². The summed E-state index contributed by atoms with van der Waals surface area (Å²) in [6.07, 6.45) is 1.19. The fourth-order valence-corrected chi connectivity index (χ4v) is 6.52. The molecule has 0 spiro atoms. The lowest BCUT2D eigenvalue weighted by Gasteiger charge is -2.35. The number of thiophene rings is 1. The van der Waals surface area contributed by atoms with Crippen molar-refractivity contribution in [2.45, 2.75) is 45.4 Å². The summed E-state index contributed by atoms with van der Waals surface area (Å²) in [4.78, 5) is 27.1. The Balaban J connectivity index is 1.58. The summed E-state index contributed by atoms with van der Waals surface area (Å²) in [7, 11) is 0. The number of para-hydroxylation sites is 1. The number of carbonyl (C=O) groups excluding carboxylic acids is 1. The van der Waals surface area contributed by atoms with E-state index in [0.717, 1.165) is 33.9 Å². The molecule has 2 N–H and O–H groups in total. The maximum atomic E-state index is 13.8. The molecule has 6 rings (SSSR count). The quantitative estimate of drug-likeness (QED) is 0.327. The van der Waals surface area contributed by atoms with E-state index in [4.69, 9.17) is 5.10 Å². The number of allylic oxidation sites excluding steroid dienone is 2. The minimum absolute atomic E-state index is 0.115. The van der Waals surface area contributed by atoms with Gasteiger partial charge in [-0.1, -0.05) is 36.4 Å². The molecule has 0 saturated heterocycles. The van der Waals surface area contributed by atoms with Crippen molar-refractivity contribution in [1.29, 1.82) is 0 Å². The van der Waals surface area contributed by atoms with Crippen LogP contribution in [0.25, 0.3) is 5.69 Å². The second-order valence-electron chi connectivity index (χ2n) is 9.92. The molecule has 1 aliphatic heterocycles. The molecule has 0 radical (unpaired) electrons. The lowest BCUT2D eigenvalue weighted by Crippen LogP contribution is -2.30. The monoisotopic (exact) mass is 509 g/mol. The third-order valence-corrected chi connectivity index (χ3v) is 8.67. The smallest absolute Gasteiger partial charge is 0.337 e. The number of carboxylic acid groups (broad SMARTS) is 1. The molecule has 2 atom stereocenters. The van der Waals surface area contributed by atoms with Gasteiger partial charge in [0.25, 0.3) is 0 Å². The third kappa shape index (κ3) is 3.81. The van der Waals surface area contributed by atoms with Crippen LogP contribution < -0.4 is 5.32 Å². The van der Waals surface area contributed by atoms with Crippen molar-refractivity contribution in [2.24, 2.45) is 0 Å². The molecule has 2 unspecified atom stereocenters. The van der Waals surface area contributed by atoms with Crippen molar-refractivity contribution < 1.29 is 14.7 Å². The van der Waals surface area contributed by atoms with E-state index in [0.29, 0.717) is 18.5 Å². The van der Waals surface area contributed by atoms with Gasteiger partial charge in [0.2, 0.25) is 0 Å². The number of aromatic carboxylic acids is 1. The minimum Gasteiger partial charge on any atom is -0.478 e. The van der Waals surface area contributed by atoms with Crippen LogP contribution >= 0.6 is 11.3 Å². The van der Waals surface area contributed by atoms with E-state index in [1.807, 2.05) is 19.1 Å². The molecule has 1 aliphatic carbocycles. The van der Waals surface area contributed by atoms with Crippen LogP contribution in [-0.4, -0.2) is 26.6 Å². The molecular weight excluding hydrogens is 482 g/mol. The number of rotatable bonds is 4. The molecule has 2 aromatic heterocycles. The lowest BCUT2D eigenvalue weighted by atomic mass is 9.73. The van der Waals surface area contributed by atoms with E-state index in [9.17, 15) is 14.7 Å². The van der Waals surface area contributed by atoms with Crippen LogP contribution in [-0.2, 0) is 4.79 Å². The molecule has 6 nitrogen and oxygen atoms in total. The normalized spacial score (nSPS) is 18.8. The number of carbonyl (C=O) groups is 2. The molecule has 3 heterocycles. The first-order valence-corrected chi connectivity index (χ1v) is 13.3. The van der Waals surface area contributed by atoms with E-state index < -0.39 is 5.97 Å². The summed E-state index contributed by atoms with van der Waals surface area (Å²) in [6.45, 7) is 6.11. The molecule has 0 fully saturated rings. The van der Waals surface area contributed by atoms with Gasteiger partial charge in [-0.2, -0.15) is 5.10 Å². The highest BCUT2D eigenvalue weighted by Crippen LogP contribution is 2.50. The molecule has 4 aromatic rings. The van der Waals surface area contributed by atoms with Gasteiger partial charge in [-0.15, -0.1) is 11.3 Å².